The van der Waals surface area contributed by atoms with Crippen molar-refractivity contribution in [3.63, 3.8) is 0 Å². The van der Waals surface area contributed by atoms with Crippen molar-refractivity contribution in [1.29, 1.82) is 0 Å². The maximum Gasteiger partial charge on any atom is 0.194 e. The van der Waals surface area contributed by atoms with Crippen molar-refractivity contribution in [2.45, 2.75) is 6.10 Å². The van der Waals surface area contributed by atoms with Crippen molar-refractivity contribution in [2.24, 2.45) is 0 Å². The zero-order chi connectivity index (χ0) is 11.7. The van der Waals surface area contributed by atoms with E-state index in [1.54, 1.807) is 0 Å². The SMILES string of the molecule is OC(c1ccoc1)c1ccc(F)c(F)c1F. The lowest BCUT2D eigenvalue weighted by molar-refractivity contribution is 0.211. The van der Waals surface area contributed by atoms with Crippen molar-refractivity contribution in [3.05, 3.63) is 59.3 Å². The van der Waals surface area contributed by atoms with Crippen LogP contribution in [0.3, 0.4) is 0 Å². The summed E-state index contributed by atoms with van der Waals surface area (Å²) in [7, 11) is 0. The molecule has 0 amide bonds. The molecular formula is C11H7F3O2. The fraction of sp³-hybridized carbons (Fsp3) is 0.0909. The lowest BCUT2D eigenvalue weighted by Gasteiger charge is -2.10. The minimum atomic E-state index is -1.60. The summed E-state index contributed by atoms with van der Waals surface area (Å²) in [6.07, 6.45) is 1.11. The molecule has 1 atom stereocenters. The van der Waals surface area contributed by atoms with Crippen LogP contribution in [0.4, 0.5) is 13.2 Å². The first-order chi connectivity index (χ1) is 7.61. The first-order valence-electron chi connectivity index (χ1n) is 4.45. The molecule has 1 unspecified atom stereocenters. The van der Waals surface area contributed by atoms with Gasteiger partial charge in [0.2, 0.25) is 0 Å². The van der Waals surface area contributed by atoms with E-state index in [0.717, 1.165) is 12.1 Å². The van der Waals surface area contributed by atoms with Crippen molar-refractivity contribution in [2.75, 3.05) is 0 Å². The van der Waals surface area contributed by atoms with Crippen LogP contribution >= 0.6 is 0 Å². The maximum absolute atomic E-state index is 13.3. The Balaban J connectivity index is 2.45. The third-order valence-electron chi connectivity index (χ3n) is 2.22. The Morgan fingerprint density at radius 1 is 1.06 bits per heavy atom. The second-order valence-electron chi connectivity index (χ2n) is 3.22. The van der Waals surface area contributed by atoms with Crippen LogP contribution < -0.4 is 0 Å². The Bertz CT molecular complexity index is 494. The van der Waals surface area contributed by atoms with E-state index in [1.807, 2.05) is 0 Å². The van der Waals surface area contributed by atoms with Gasteiger partial charge in [0.15, 0.2) is 17.5 Å². The van der Waals surface area contributed by atoms with Crippen LogP contribution in [0.5, 0.6) is 0 Å². The molecule has 84 valence electrons. The van der Waals surface area contributed by atoms with Crippen LogP contribution in [0.1, 0.15) is 17.2 Å². The van der Waals surface area contributed by atoms with Gasteiger partial charge in [0.1, 0.15) is 6.10 Å². The number of halogens is 3. The number of rotatable bonds is 2. The van der Waals surface area contributed by atoms with Crippen LogP contribution in [0.2, 0.25) is 0 Å². The average molecular weight is 228 g/mol. The highest BCUT2D eigenvalue weighted by Crippen LogP contribution is 2.26. The van der Waals surface area contributed by atoms with Crippen molar-refractivity contribution >= 4 is 0 Å². The standard InChI is InChI=1S/C11H7F3O2/c12-8-2-1-7(9(13)10(8)14)11(15)6-3-4-16-5-6/h1-5,11,15H. The van der Waals surface area contributed by atoms with Crippen LogP contribution in [0, 0.1) is 17.5 Å². The van der Waals surface area contributed by atoms with E-state index in [2.05, 4.69) is 0 Å². The van der Waals surface area contributed by atoms with E-state index in [1.165, 1.54) is 18.6 Å². The predicted molar refractivity (Wildman–Crippen MR) is 49.1 cm³/mol. The molecule has 0 radical (unpaired) electrons. The zero-order valence-corrected chi connectivity index (χ0v) is 7.95. The van der Waals surface area contributed by atoms with Gasteiger partial charge < -0.3 is 9.52 Å². The fourth-order valence-electron chi connectivity index (χ4n) is 1.36. The van der Waals surface area contributed by atoms with Gasteiger partial charge in [-0.1, -0.05) is 6.07 Å². The highest BCUT2D eigenvalue weighted by atomic mass is 19.2. The Hall–Kier alpha value is -1.75. The highest BCUT2D eigenvalue weighted by Gasteiger charge is 2.20. The number of furan rings is 1. The predicted octanol–water partition coefficient (Wildman–Crippen LogP) is 2.78. The minimum Gasteiger partial charge on any atom is -0.472 e. The van der Waals surface area contributed by atoms with E-state index < -0.39 is 23.6 Å². The topological polar surface area (TPSA) is 33.4 Å². The van der Waals surface area contributed by atoms with Crippen LogP contribution in [-0.2, 0) is 0 Å². The number of benzene rings is 1. The third-order valence-corrected chi connectivity index (χ3v) is 2.22. The molecule has 1 aromatic heterocycles. The molecule has 0 aliphatic rings. The van der Waals surface area contributed by atoms with Gasteiger partial charge >= 0.3 is 0 Å². The second-order valence-corrected chi connectivity index (χ2v) is 3.22. The molecule has 1 aromatic carbocycles. The van der Waals surface area contributed by atoms with E-state index in [-0.39, 0.29) is 11.1 Å². The molecule has 0 aliphatic carbocycles. The average Bonchev–Trinajstić information content (AvgIpc) is 2.79. The Kier molecular flexibility index (Phi) is 2.70. The minimum absolute atomic E-state index is 0.268. The molecule has 0 saturated heterocycles. The number of hydrogen-bond donors (Lipinski definition) is 1. The molecule has 5 heteroatoms. The van der Waals surface area contributed by atoms with Gasteiger partial charge in [-0.25, -0.2) is 13.2 Å². The fourth-order valence-corrected chi connectivity index (χ4v) is 1.36. The van der Waals surface area contributed by atoms with Crippen LogP contribution in [-0.4, -0.2) is 5.11 Å². The summed E-state index contributed by atoms with van der Waals surface area (Å²) in [5, 5.41) is 9.69. The molecule has 2 rings (SSSR count). The summed E-state index contributed by atoms with van der Waals surface area (Å²) < 4.78 is 43.6. The number of aliphatic hydroxyl groups excluding tert-OH is 1. The number of aliphatic hydroxyl groups is 1. The maximum atomic E-state index is 13.3. The molecule has 1 N–H and O–H groups in total. The molecule has 0 bridgehead atoms. The highest BCUT2D eigenvalue weighted by molar-refractivity contribution is 5.29. The normalized spacial score (nSPS) is 12.8. The Morgan fingerprint density at radius 2 is 1.81 bits per heavy atom. The van der Waals surface area contributed by atoms with E-state index in [4.69, 9.17) is 4.42 Å². The van der Waals surface area contributed by atoms with Gasteiger partial charge in [0, 0.05) is 11.1 Å². The molecule has 0 aliphatic heterocycles. The molecule has 2 nitrogen and oxygen atoms in total. The molecule has 0 spiro atoms. The largest absolute Gasteiger partial charge is 0.472 e. The van der Waals surface area contributed by atoms with Gasteiger partial charge in [0.25, 0.3) is 0 Å². The molecular weight excluding hydrogens is 221 g/mol. The molecule has 0 saturated carbocycles. The Morgan fingerprint density at radius 3 is 2.44 bits per heavy atom. The van der Waals surface area contributed by atoms with E-state index in [9.17, 15) is 18.3 Å². The van der Waals surface area contributed by atoms with Crippen LogP contribution in [0.15, 0.2) is 35.1 Å². The van der Waals surface area contributed by atoms with Gasteiger partial charge in [-0.2, -0.15) is 0 Å². The van der Waals surface area contributed by atoms with E-state index >= 15 is 0 Å². The van der Waals surface area contributed by atoms with Gasteiger partial charge in [0.05, 0.1) is 12.5 Å². The third kappa shape index (κ3) is 1.69. The molecule has 2 aromatic rings. The van der Waals surface area contributed by atoms with E-state index in [0.29, 0.717) is 0 Å². The Labute approximate surface area is 88.9 Å². The van der Waals surface area contributed by atoms with Gasteiger partial charge in [-0.3, -0.25) is 0 Å². The lowest BCUT2D eigenvalue weighted by Crippen LogP contribution is -2.04. The summed E-state index contributed by atoms with van der Waals surface area (Å²) >= 11 is 0. The monoisotopic (exact) mass is 228 g/mol. The van der Waals surface area contributed by atoms with Crippen LogP contribution in [0.25, 0.3) is 0 Å². The second kappa shape index (κ2) is 4.02. The first kappa shape index (κ1) is 10.8. The van der Waals surface area contributed by atoms with Gasteiger partial charge in [-0.05, 0) is 12.1 Å². The van der Waals surface area contributed by atoms with Crippen molar-refractivity contribution in [1.82, 2.24) is 0 Å². The number of hydrogen-bond acceptors (Lipinski definition) is 2. The summed E-state index contributed by atoms with van der Waals surface area (Å²) in [4.78, 5) is 0. The first-order valence-corrected chi connectivity index (χ1v) is 4.45. The summed E-state index contributed by atoms with van der Waals surface area (Å²) in [5.74, 6) is -4.28. The summed E-state index contributed by atoms with van der Waals surface area (Å²) in [6.45, 7) is 0. The summed E-state index contributed by atoms with van der Waals surface area (Å²) in [5.41, 5.74) is -0.0646. The molecule has 16 heavy (non-hydrogen) atoms. The lowest BCUT2D eigenvalue weighted by atomic mass is 10.0. The molecule has 0 fully saturated rings. The van der Waals surface area contributed by atoms with Crippen molar-refractivity contribution in [3.8, 4) is 0 Å². The van der Waals surface area contributed by atoms with Crippen molar-refractivity contribution < 1.29 is 22.7 Å². The quantitative estimate of drug-likeness (QED) is 0.802. The molecule has 1 heterocycles. The zero-order valence-electron chi connectivity index (χ0n) is 7.95. The summed E-state index contributed by atoms with van der Waals surface area (Å²) in [6, 6.07) is 3.16. The smallest absolute Gasteiger partial charge is 0.194 e. The van der Waals surface area contributed by atoms with Gasteiger partial charge in [-0.15, -0.1) is 0 Å².